The number of alkyl halides is 2. The second-order valence-corrected chi connectivity index (χ2v) is 7.18. The fourth-order valence-corrected chi connectivity index (χ4v) is 3.41. The minimum atomic E-state index is -1.26. The predicted octanol–water partition coefficient (Wildman–Crippen LogP) is 5.60. The van der Waals surface area contributed by atoms with Gasteiger partial charge in [0.25, 0.3) is 5.91 Å². The molecule has 0 atom stereocenters. The summed E-state index contributed by atoms with van der Waals surface area (Å²) in [5.41, 5.74) is 1.94. The molecule has 0 radical (unpaired) electrons. The van der Waals surface area contributed by atoms with Gasteiger partial charge in [0.2, 0.25) is 0 Å². The summed E-state index contributed by atoms with van der Waals surface area (Å²) in [7, 11) is 0. The van der Waals surface area contributed by atoms with Crippen molar-refractivity contribution in [3.05, 3.63) is 50.5 Å². The number of benzene rings is 2. The number of nitrogens with one attached hydrogen (secondary N) is 1. The monoisotopic (exact) mass is 407 g/mol. The Morgan fingerprint density at radius 1 is 0.913 bits per heavy atom. The molecule has 8 heteroatoms. The van der Waals surface area contributed by atoms with Gasteiger partial charge in [0.05, 0.1) is 10.7 Å². The first-order valence-corrected chi connectivity index (χ1v) is 8.27. The third-order valence-corrected chi connectivity index (χ3v) is 4.48. The number of hydrogen-bond donors (Lipinski definition) is 1. The molecule has 1 aliphatic rings. The first-order valence-electron chi connectivity index (χ1n) is 6.26. The topological polar surface area (TPSA) is 46.2 Å². The van der Waals surface area contributed by atoms with E-state index in [1.165, 1.54) is 24.3 Å². The van der Waals surface area contributed by atoms with Crippen molar-refractivity contribution in [3.8, 4) is 11.1 Å². The van der Waals surface area contributed by atoms with Gasteiger partial charge in [0, 0.05) is 32.3 Å². The van der Waals surface area contributed by atoms with Gasteiger partial charge in [0.1, 0.15) is 0 Å². The van der Waals surface area contributed by atoms with Gasteiger partial charge >= 0.3 is 0 Å². The van der Waals surface area contributed by atoms with E-state index in [4.69, 9.17) is 58.0 Å². The fraction of sp³-hybridized carbons (Fsp3) is 0.0667. The van der Waals surface area contributed by atoms with Gasteiger partial charge in [-0.1, -0.05) is 58.0 Å². The summed E-state index contributed by atoms with van der Waals surface area (Å²) in [6, 6.07) is 6.06. The molecule has 0 unspecified atom stereocenters. The highest BCUT2D eigenvalue weighted by Crippen LogP contribution is 2.47. The van der Waals surface area contributed by atoms with Crippen LogP contribution in [0.3, 0.4) is 0 Å². The molecule has 23 heavy (non-hydrogen) atoms. The number of fused-ring (bicyclic) bond motifs is 3. The van der Waals surface area contributed by atoms with Crippen molar-refractivity contribution in [2.45, 2.75) is 4.84 Å². The van der Waals surface area contributed by atoms with E-state index in [-0.39, 0.29) is 10.8 Å². The van der Waals surface area contributed by atoms with Crippen LogP contribution in [0.15, 0.2) is 24.3 Å². The molecule has 1 N–H and O–H groups in total. The fourth-order valence-electron chi connectivity index (χ4n) is 2.49. The first-order chi connectivity index (χ1) is 10.8. The van der Waals surface area contributed by atoms with E-state index in [2.05, 4.69) is 5.32 Å². The SMILES string of the molecule is O=C1c2cc(Cl)cc(Cl)c2-c2c(NC(=O)C(Cl)Cl)cc(Cl)cc21. The normalized spacial score (nSPS) is 12.3. The zero-order chi connectivity index (χ0) is 16.9. The molecular formula is C15H6Cl5NO2. The highest BCUT2D eigenvalue weighted by Gasteiger charge is 2.32. The Morgan fingerprint density at radius 2 is 1.48 bits per heavy atom. The van der Waals surface area contributed by atoms with Gasteiger partial charge < -0.3 is 5.32 Å². The average Bonchev–Trinajstić information content (AvgIpc) is 2.72. The molecule has 0 heterocycles. The lowest BCUT2D eigenvalue weighted by Gasteiger charge is -2.13. The van der Waals surface area contributed by atoms with Crippen LogP contribution in [0.25, 0.3) is 11.1 Å². The number of ketones is 1. The second kappa shape index (κ2) is 6.15. The van der Waals surface area contributed by atoms with Crippen molar-refractivity contribution in [2.24, 2.45) is 0 Å². The molecule has 0 aromatic heterocycles. The summed E-state index contributed by atoms with van der Waals surface area (Å²) >= 11 is 29.4. The number of carbonyl (C=O) groups excluding carboxylic acids is 2. The highest BCUT2D eigenvalue weighted by molar-refractivity contribution is 6.54. The van der Waals surface area contributed by atoms with E-state index in [1.807, 2.05) is 0 Å². The quantitative estimate of drug-likeness (QED) is 0.560. The lowest BCUT2D eigenvalue weighted by molar-refractivity contribution is -0.114. The number of rotatable bonds is 2. The molecule has 3 nitrogen and oxygen atoms in total. The average molecular weight is 409 g/mol. The van der Waals surface area contributed by atoms with Crippen molar-refractivity contribution in [1.29, 1.82) is 0 Å². The molecule has 0 aliphatic heterocycles. The van der Waals surface area contributed by atoms with E-state index in [0.717, 1.165) is 0 Å². The highest BCUT2D eigenvalue weighted by atomic mass is 35.5. The second-order valence-electron chi connectivity index (χ2n) is 4.81. The number of amides is 1. The molecular weight excluding hydrogens is 403 g/mol. The van der Waals surface area contributed by atoms with E-state index in [0.29, 0.717) is 38.0 Å². The van der Waals surface area contributed by atoms with Crippen molar-refractivity contribution in [1.82, 2.24) is 0 Å². The Morgan fingerprint density at radius 3 is 2.09 bits per heavy atom. The van der Waals surface area contributed by atoms with Crippen LogP contribution in [0.5, 0.6) is 0 Å². The van der Waals surface area contributed by atoms with Gasteiger partial charge in [-0.25, -0.2) is 0 Å². The van der Waals surface area contributed by atoms with Crippen LogP contribution in [-0.4, -0.2) is 16.5 Å². The van der Waals surface area contributed by atoms with Crippen LogP contribution in [0, 0.1) is 0 Å². The lowest BCUT2D eigenvalue weighted by Crippen LogP contribution is -2.19. The van der Waals surface area contributed by atoms with Crippen LogP contribution < -0.4 is 5.32 Å². The van der Waals surface area contributed by atoms with Crippen LogP contribution in [-0.2, 0) is 4.79 Å². The zero-order valence-corrected chi connectivity index (χ0v) is 14.9. The maximum atomic E-state index is 12.6. The molecule has 3 rings (SSSR count). The molecule has 2 aromatic carbocycles. The van der Waals surface area contributed by atoms with E-state index < -0.39 is 10.7 Å². The Kier molecular flexibility index (Phi) is 4.51. The van der Waals surface area contributed by atoms with Crippen molar-refractivity contribution in [2.75, 3.05) is 5.32 Å². The summed E-state index contributed by atoms with van der Waals surface area (Å²) in [6.45, 7) is 0. The zero-order valence-electron chi connectivity index (χ0n) is 11.1. The van der Waals surface area contributed by atoms with Gasteiger partial charge in [-0.3, -0.25) is 9.59 Å². The number of hydrogen-bond acceptors (Lipinski definition) is 2. The smallest absolute Gasteiger partial charge is 0.257 e. The number of anilines is 1. The Hall–Kier alpha value is -0.970. The first kappa shape index (κ1) is 16.9. The van der Waals surface area contributed by atoms with Gasteiger partial charge in [0.15, 0.2) is 10.6 Å². The Bertz CT molecular complexity index is 863. The van der Waals surface area contributed by atoms with Crippen LogP contribution in [0.1, 0.15) is 15.9 Å². The summed E-state index contributed by atoms with van der Waals surface area (Å²) < 4.78 is 0. The Labute approximate surface area is 156 Å². The van der Waals surface area contributed by atoms with E-state index in [9.17, 15) is 9.59 Å². The van der Waals surface area contributed by atoms with Crippen LogP contribution in [0.4, 0.5) is 5.69 Å². The number of halogens is 5. The van der Waals surface area contributed by atoms with Crippen molar-refractivity contribution in [3.63, 3.8) is 0 Å². The van der Waals surface area contributed by atoms with Crippen LogP contribution in [0.2, 0.25) is 15.1 Å². The molecule has 0 bridgehead atoms. The van der Waals surface area contributed by atoms with Gasteiger partial charge in [-0.05, 0) is 24.3 Å². The maximum absolute atomic E-state index is 12.6. The molecule has 0 fully saturated rings. The summed E-state index contributed by atoms with van der Waals surface area (Å²) in [6.07, 6.45) is 0. The van der Waals surface area contributed by atoms with Gasteiger partial charge in [-0.15, -0.1) is 0 Å². The van der Waals surface area contributed by atoms with Crippen molar-refractivity contribution < 1.29 is 9.59 Å². The molecule has 1 aliphatic carbocycles. The lowest BCUT2D eigenvalue weighted by atomic mass is 10.0. The maximum Gasteiger partial charge on any atom is 0.257 e. The molecule has 0 spiro atoms. The molecule has 118 valence electrons. The van der Waals surface area contributed by atoms with E-state index >= 15 is 0 Å². The summed E-state index contributed by atoms with van der Waals surface area (Å²) in [5, 5.41) is 3.47. The summed E-state index contributed by atoms with van der Waals surface area (Å²) in [4.78, 5) is 23.1. The summed E-state index contributed by atoms with van der Waals surface area (Å²) in [5.74, 6) is -0.908. The largest absolute Gasteiger partial charge is 0.323 e. The number of carbonyl (C=O) groups is 2. The predicted molar refractivity (Wildman–Crippen MR) is 94.5 cm³/mol. The third-order valence-electron chi connectivity index (χ3n) is 3.35. The molecule has 2 aromatic rings. The van der Waals surface area contributed by atoms with Crippen molar-refractivity contribution >= 4 is 75.4 Å². The minimum absolute atomic E-state index is 0.273. The van der Waals surface area contributed by atoms with E-state index in [1.54, 1.807) is 0 Å². The Balaban J connectivity index is 2.26. The minimum Gasteiger partial charge on any atom is -0.323 e. The third kappa shape index (κ3) is 2.92. The van der Waals surface area contributed by atoms with Gasteiger partial charge in [-0.2, -0.15) is 0 Å². The molecule has 1 amide bonds. The van der Waals surface area contributed by atoms with Crippen LogP contribution >= 0.6 is 58.0 Å². The molecule has 0 saturated carbocycles. The standard InChI is InChI=1S/C15H6Cl5NO2/c16-5-1-7-11(9(18)3-5)12-8(13(7)22)2-6(17)4-10(12)21-15(23)14(19)20/h1-4,14H,(H,21,23). The molecule has 0 saturated heterocycles.